The summed E-state index contributed by atoms with van der Waals surface area (Å²) in [7, 11) is -1.72. The third-order valence-electron chi connectivity index (χ3n) is 3.66. The van der Waals surface area contributed by atoms with E-state index in [1.165, 1.54) is 5.19 Å². The van der Waals surface area contributed by atoms with Crippen molar-refractivity contribution < 1.29 is 10.2 Å². The van der Waals surface area contributed by atoms with E-state index in [0.29, 0.717) is 0 Å². The molecule has 90 valence electrons. The minimum atomic E-state index is -1.72. The van der Waals surface area contributed by atoms with Crippen molar-refractivity contribution in [3.05, 3.63) is 30.3 Å². The van der Waals surface area contributed by atoms with Crippen LogP contribution < -0.4 is 5.19 Å². The molecule has 0 aromatic heterocycles. The van der Waals surface area contributed by atoms with Crippen molar-refractivity contribution in [2.75, 3.05) is 0 Å². The maximum absolute atomic E-state index is 9.98. The van der Waals surface area contributed by atoms with Gasteiger partial charge in [-0.2, -0.15) is 0 Å². The Morgan fingerprint density at radius 3 is 1.94 bits per heavy atom. The molecule has 0 heterocycles. The average molecular weight is 238 g/mol. The second kappa shape index (κ2) is 5.12. The highest BCUT2D eigenvalue weighted by Gasteiger charge is 2.36. The van der Waals surface area contributed by atoms with E-state index in [4.69, 9.17) is 0 Å². The normalized spacial score (nSPS) is 17.9. The van der Waals surface area contributed by atoms with E-state index in [-0.39, 0.29) is 5.54 Å². The zero-order valence-electron chi connectivity index (χ0n) is 10.5. The first kappa shape index (κ1) is 13.4. The molecule has 2 N–H and O–H groups in total. The number of aliphatic hydroxyl groups excluding tert-OH is 2. The predicted molar refractivity (Wildman–Crippen MR) is 70.7 cm³/mol. The Bertz CT molecular complexity index is 322. The lowest BCUT2D eigenvalue weighted by molar-refractivity contribution is 0.0284. The summed E-state index contributed by atoms with van der Waals surface area (Å²) in [5, 5.41) is 20.8. The van der Waals surface area contributed by atoms with Crippen LogP contribution in [0.4, 0.5) is 0 Å². The Hall–Kier alpha value is -0.643. The molecule has 1 rings (SSSR count). The molecule has 3 heteroatoms. The molecule has 0 fully saturated rings. The van der Waals surface area contributed by atoms with Crippen LogP contribution in [0.2, 0.25) is 18.6 Å². The summed E-state index contributed by atoms with van der Waals surface area (Å²) in [6.45, 7) is 8.16. The molecule has 0 radical (unpaired) electrons. The third-order valence-corrected chi connectivity index (χ3v) is 8.10. The van der Waals surface area contributed by atoms with E-state index >= 15 is 0 Å². The molecule has 0 saturated heterocycles. The van der Waals surface area contributed by atoms with Crippen LogP contribution in [0.1, 0.15) is 13.8 Å². The zero-order valence-corrected chi connectivity index (χ0v) is 11.5. The van der Waals surface area contributed by atoms with Gasteiger partial charge >= 0.3 is 0 Å². The number of hydrogen-bond donors (Lipinski definition) is 2. The van der Waals surface area contributed by atoms with Gasteiger partial charge in [0.1, 0.15) is 0 Å². The summed E-state index contributed by atoms with van der Waals surface area (Å²) in [4.78, 5) is 0. The molecule has 0 spiro atoms. The van der Waals surface area contributed by atoms with E-state index in [1.54, 1.807) is 6.92 Å². The molecular formula is C13H22O2Si. The van der Waals surface area contributed by atoms with Crippen molar-refractivity contribution in [3.8, 4) is 0 Å². The second-order valence-corrected chi connectivity index (χ2v) is 10.0. The Balaban J connectivity index is 2.93. The van der Waals surface area contributed by atoms with E-state index < -0.39 is 20.3 Å². The van der Waals surface area contributed by atoms with Gasteiger partial charge in [0.25, 0.3) is 0 Å². The van der Waals surface area contributed by atoms with Gasteiger partial charge < -0.3 is 10.2 Å². The predicted octanol–water partition coefficient (Wildman–Crippen LogP) is 1.73. The van der Waals surface area contributed by atoms with Crippen molar-refractivity contribution in [1.82, 2.24) is 0 Å². The summed E-state index contributed by atoms with van der Waals surface area (Å²) in [6, 6.07) is 10.3. The second-order valence-electron chi connectivity index (χ2n) is 5.11. The Morgan fingerprint density at radius 1 is 1.00 bits per heavy atom. The molecule has 0 aliphatic carbocycles. The molecule has 0 unspecified atom stereocenters. The fraction of sp³-hybridized carbons (Fsp3) is 0.538. The molecule has 0 saturated carbocycles. The molecule has 0 bridgehead atoms. The van der Waals surface area contributed by atoms with Crippen molar-refractivity contribution in [2.24, 2.45) is 0 Å². The minimum absolute atomic E-state index is 0.134. The summed E-state index contributed by atoms with van der Waals surface area (Å²) in [6.07, 6.45) is -1.30. The standard InChI is InChI=1S/C13H22O2Si/c1-10(14)13(15)11(2)16(3,4)12-8-6-5-7-9-12/h5-11,13-15H,1-4H3/t10-,11+,13-/m1/s1. The van der Waals surface area contributed by atoms with Crippen LogP contribution >= 0.6 is 0 Å². The highest BCUT2D eigenvalue weighted by Crippen LogP contribution is 2.26. The first-order valence-electron chi connectivity index (χ1n) is 5.79. The molecule has 0 aliphatic heterocycles. The van der Waals surface area contributed by atoms with Crippen LogP contribution in [0.3, 0.4) is 0 Å². The van der Waals surface area contributed by atoms with Gasteiger partial charge in [-0.3, -0.25) is 0 Å². The highest BCUT2D eigenvalue weighted by molar-refractivity contribution is 6.91. The van der Waals surface area contributed by atoms with Gasteiger partial charge in [0.05, 0.1) is 20.3 Å². The van der Waals surface area contributed by atoms with Crippen LogP contribution in [0.5, 0.6) is 0 Å². The lowest BCUT2D eigenvalue weighted by atomic mass is 10.2. The molecule has 16 heavy (non-hydrogen) atoms. The van der Waals surface area contributed by atoms with Crippen LogP contribution in [0.15, 0.2) is 30.3 Å². The molecule has 2 nitrogen and oxygen atoms in total. The van der Waals surface area contributed by atoms with Gasteiger partial charge in [-0.25, -0.2) is 0 Å². The van der Waals surface area contributed by atoms with Crippen LogP contribution in [0, 0.1) is 0 Å². The summed E-state index contributed by atoms with van der Waals surface area (Å²) in [5.74, 6) is 0. The number of rotatable bonds is 4. The molecular weight excluding hydrogens is 216 g/mol. The van der Waals surface area contributed by atoms with Gasteiger partial charge in [0, 0.05) is 0 Å². The van der Waals surface area contributed by atoms with E-state index in [1.807, 2.05) is 25.1 Å². The summed E-state index contributed by atoms with van der Waals surface area (Å²) >= 11 is 0. The van der Waals surface area contributed by atoms with Crippen LogP contribution in [-0.2, 0) is 0 Å². The number of benzene rings is 1. The molecule has 0 amide bonds. The molecule has 0 aliphatic rings. The maximum Gasteiger partial charge on any atom is 0.0860 e. The lowest BCUT2D eigenvalue weighted by Crippen LogP contribution is -2.50. The Labute approximate surface area is 99.0 Å². The molecule has 1 aromatic carbocycles. The largest absolute Gasteiger partial charge is 0.391 e. The first-order chi connectivity index (χ1) is 7.37. The fourth-order valence-electron chi connectivity index (χ4n) is 1.98. The lowest BCUT2D eigenvalue weighted by Gasteiger charge is -2.34. The third kappa shape index (κ3) is 2.73. The van der Waals surface area contributed by atoms with Crippen molar-refractivity contribution >= 4 is 13.3 Å². The number of hydrogen-bond acceptors (Lipinski definition) is 2. The molecule has 1 aromatic rings. The van der Waals surface area contributed by atoms with Crippen molar-refractivity contribution in [1.29, 1.82) is 0 Å². The number of aliphatic hydroxyl groups is 2. The highest BCUT2D eigenvalue weighted by atomic mass is 28.3. The van der Waals surface area contributed by atoms with Gasteiger partial charge in [-0.05, 0) is 12.5 Å². The quantitative estimate of drug-likeness (QED) is 0.784. The topological polar surface area (TPSA) is 40.5 Å². The zero-order chi connectivity index (χ0) is 12.3. The van der Waals surface area contributed by atoms with Crippen molar-refractivity contribution in [2.45, 2.75) is 44.7 Å². The van der Waals surface area contributed by atoms with Gasteiger partial charge in [-0.15, -0.1) is 0 Å². The van der Waals surface area contributed by atoms with E-state index in [2.05, 4.69) is 25.2 Å². The molecule has 3 atom stereocenters. The monoisotopic (exact) mass is 238 g/mol. The van der Waals surface area contributed by atoms with Crippen LogP contribution in [-0.4, -0.2) is 30.5 Å². The summed E-state index contributed by atoms with van der Waals surface area (Å²) < 4.78 is 0. The maximum atomic E-state index is 9.98. The Morgan fingerprint density at radius 2 is 1.50 bits per heavy atom. The summed E-state index contributed by atoms with van der Waals surface area (Å²) in [5.41, 5.74) is 0.134. The van der Waals surface area contributed by atoms with E-state index in [0.717, 1.165) is 0 Å². The Kier molecular flexibility index (Phi) is 4.30. The first-order valence-corrected chi connectivity index (χ1v) is 8.86. The van der Waals surface area contributed by atoms with Gasteiger partial charge in [0.2, 0.25) is 0 Å². The fourth-order valence-corrected chi connectivity index (χ4v) is 4.68. The minimum Gasteiger partial charge on any atom is -0.391 e. The SMILES string of the molecule is C[C@@H](O)[C@@H](O)[C@H](C)[Si](C)(C)c1ccccc1. The smallest absolute Gasteiger partial charge is 0.0860 e. The van der Waals surface area contributed by atoms with Gasteiger partial charge in [0.15, 0.2) is 0 Å². The van der Waals surface area contributed by atoms with Crippen LogP contribution in [0.25, 0.3) is 0 Å². The van der Waals surface area contributed by atoms with Crippen molar-refractivity contribution in [3.63, 3.8) is 0 Å². The average Bonchev–Trinajstić information content (AvgIpc) is 2.28. The van der Waals surface area contributed by atoms with Gasteiger partial charge in [-0.1, -0.05) is 55.5 Å². The van der Waals surface area contributed by atoms with E-state index in [9.17, 15) is 10.2 Å².